The van der Waals surface area contributed by atoms with E-state index >= 15 is 0 Å². The Morgan fingerprint density at radius 1 is 1.14 bits per heavy atom. The second kappa shape index (κ2) is 6.75. The molecule has 0 radical (unpaired) electrons. The van der Waals surface area contributed by atoms with Crippen LogP contribution in [0.4, 0.5) is 5.69 Å². The highest BCUT2D eigenvalue weighted by Crippen LogP contribution is 2.34. The minimum absolute atomic E-state index is 0.267. The maximum Gasteiger partial charge on any atom is 0.307 e. The molecule has 1 aliphatic carbocycles. The number of carbonyl (C=O) groups excluding carboxylic acids is 1. The van der Waals surface area contributed by atoms with Gasteiger partial charge < -0.3 is 10.4 Å². The van der Waals surface area contributed by atoms with Crippen LogP contribution in [0, 0.1) is 18.8 Å². The molecule has 0 fully saturated rings. The van der Waals surface area contributed by atoms with Crippen molar-refractivity contribution in [3.8, 4) is 0 Å². The Hall–Kier alpha value is -1.14. The Morgan fingerprint density at radius 2 is 1.67 bits per heavy atom. The molecule has 2 unspecified atom stereocenters. The van der Waals surface area contributed by atoms with Crippen LogP contribution in [0.1, 0.15) is 18.4 Å². The Morgan fingerprint density at radius 3 is 2.19 bits per heavy atom. The van der Waals surface area contributed by atoms with E-state index in [9.17, 15) is 14.7 Å². The molecule has 4 nitrogen and oxygen atoms in total. The van der Waals surface area contributed by atoms with Crippen LogP contribution in [0.3, 0.4) is 0 Å². The molecule has 0 bridgehead atoms. The van der Waals surface area contributed by atoms with Crippen molar-refractivity contribution in [2.24, 2.45) is 11.8 Å². The summed E-state index contributed by atoms with van der Waals surface area (Å²) in [6.07, 6.45) is 4.52. The molecule has 0 saturated carbocycles. The van der Waals surface area contributed by atoms with Crippen molar-refractivity contribution in [2.75, 3.05) is 5.32 Å². The van der Waals surface area contributed by atoms with Crippen LogP contribution >= 0.6 is 31.9 Å². The largest absolute Gasteiger partial charge is 0.481 e. The molecule has 1 aliphatic rings. The summed E-state index contributed by atoms with van der Waals surface area (Å²) in [5.41, 5.74) is 1.68. The number of carboxylic acids is 1. The number of aryl methyl sites for hydroxylation is 1. The molecule has 21 heavy (non-hydrogen) atoms. The predicted molar refractivity (Wildman–Crippen MR) is 88.2 cm³/mol. The summed E-state index contributed by atoms with van der Waals surface area (Å²) in [4.78, 5) is 23.7. The van der Waals surface area contributed by atoms with Crippen molar-refractivity contribution in [1.82, 2.24) is 0 Å². The molecule has 0 spiro atoms. The van der Waals surface area contributed by atoms with E-state index in [0.29, 0.717) is 18.5 Å². The fourth-order valence-electron chi connectivity index (χ4n) is 2.41. The van der Waals surface area contributed by atoms with E-state index in [-0.39, 0.29) is 5.91 Å². The van der Waals surface area contributed by atoms with E-state index in [1.54, 1.807) is 0 Å². The van der Waals surface area contributed by atoms with Crippen LogP contribution in [-0.4, -0.2) is 17.0 Å². The quantitative estimate of drug-likeness (QED) is 0.728. The van der Waals surface area contributed by atoms with Gasteiger partial charge in [-0.25, -0.2) is 0 Å². The van der Waals surface area contributed by atoms with Crippen LogP contribution in [0.2, 0.25) is 0 Å². The van der Waals surface area contributed by atoms with E-state index in [1.165, 1.54) is 0 Å². The lowest BCUT2D eigenvalue weighted by Crippen LogP contribution is -2.34. The SMILES string of the molecule is Cc1cc(Br)c(NC(=O)C2CC=CCC2C(=O)O)c(Br)c1. The molecule has 2 rings (SSSR count). The number of hydrogen-bond donors (Lipinski definition) is 2. The summed E-state index contributed by atoms with van der Waals surface area (Å²) < 4.78 is 1.53. The molecule has 2 N–H and O–H groups in total. The zero-order valence-corrected chi connectivity index (χ0v) is 14.6. The van der Waals surface area contributed by atoms with Gasteiger partial charge in [0, 0.05) is 8.95 Å². The topological polar surface area (TPSA) is 66.4 Å². The van der Waals surface area contributed by atoms with Gasteiger partial charge >= 0.3 is 5.97 Å². The van der Waals surface area contributed by atoms with Gasteiger partial charge in [-0.2, -0.15) is 0 Å². The highest BCUT2D eigenvalue weighted by molar-refractivity contribution is 9.11. The van der Waals surface area contributed by atoms with Gasteiger partial charge in [0.1, 0.15) is 0 Å². The number of allylic oxidation sites excluding steroid dienone is 2. The number of hydrogen-bond acceptors (Lipinski definition) is 2. The Labute approximate surface area is 139 Å². The van der Waals surface area contributed by atoms with Crippen molar-refractivity contribution in [3.63, 3.8) is 0 Å². The van der Waals surface area contributed by atoms with Crippen molar-refractivity contribution in [2.45, 2.75) is 19.8 Å². The number of amides is 1. The number of carboxylic acid groups (broad SMARTS) is 1. The third kappa shape index (κ3) is 3.74. The first-order valence-electron chi connectivity index (χ1n) is 6.54. The van der Waals surface area contributed by atoms with E-state index < -0.39 is 17.8 Å². The predicted octanol–water partition coefficient (Wildman–Crippen LogP) is 4.13. The Balaban J connectivity index is 2.21. The van der Waals surface area contributed by atoms with E-state index in [4.69, 9.17) is 0 Å². The van der Waals surface area contributed by atoms with E-state index in [2.05, 4.69) is 37.2 Å². The number of halogens is 2. The highest BCUT2D eigenvalue weighted by atomic mass is 79.9. The van der Waals surface area contributed by atoms with Gasteiger partial charge in [-0.3, -0.25) is 9.59 Å². The fraction of sp³-hybridized carbons (Fsp3) is 0.333. The number of nitrogens with one attached hydrogen (secondary N) is 1. The third-order valence-corrected chi connectivity index (χ3v) is 4.77. The smallest absolute Gasteiger partial charge is 0.307 e. The van der Waals surface area contributed by atoms with Crippen LogP contribution in [-0.2, 0) is 9.59 Å². The minimum Gasteiger partial charge on any atom is -0.481 e. The van der Waals surface area contributed by atoms with Crippen LogP contribution in [0.5, 0.6) is 0 Å². The van der Waals surface area contributed by atoms with E-state index in [0.717, 1.165) is 14.5 Å². The summed E-state index contributed by atoms with van der Waals surface area (Å²) >= 11 is 6.84. The summed E-state index contributed by atoms with van der Waals surface area (Å²) in [6.45, 7) is 1.95. The van der Waals surface area contributed by atoms with Crippen LogP contribution in [0.25, 0.3) is 0 Å². The molecule has 1 aromatic rings. The monoisotopic (exact) mass is 415 g/mol. The van der Waals surface area contributed by atoms with E-state index in [1.807, 2.05) is 31.2 Å². The second-order valence-corrected chi connectivity index (χ2v) is 6.80. The number of anilines is 1. The Kier molecular flexibility index (Phi) is 5.22. The maximum absolute atomic E-state index is 12.4. The first-order valence-corrected chi connectivity index (χ1v) is 8.13. The molecule has 6 heteroatoms. The lowest BCUT2D eigenvalue weighted by molar-refractivity contribution is -0.146. The normalized spacial score (nSPS) is 21.1. The maximum atomic E-state index is 12.4. The average Bonchev–Trinajstić information content (AvgIpc) is 2.42. The molecule has 1 amide bonds. The number of benzene rings is 1. The number of carbonyl (C=O) groups is 2. The van der Waals surface area contributed by atoms with Gasteiger partial charge in [0.25, 0.3) is 0 Å². The molecule has 0 aliphatic heterocycles. The molecule has 2 atom stereocenters. The zero-order chi connectivity index (χ0) is 15.6. The molecule has 0 aromatic heterocycles. The van der Waals surface area contributed by atoms with Gasteiger partial charge in [-0.15, -0.1) is 0 Å². The van der Waals surface area contributed by atoms with Gasteiger partial charge in [-0.1, -0.05) is 12.2 Å². The van der Waals surface area contributed by atoms with Crippen molar-refractivity contribution in [3.05, 3.63) is 38.8 Å². The summed E-state index contributed by atoms with van der Waals surface area (Å²) in [5.74, 6) is -2.41. The number of aliphatic carboxylic acids is 1. The van der Waals surface area contributed by atoms with Gasteiger partial charge in [0.15, 0.2) is 0 Å². The molecule has 112 valence electrons. The Bertz CT molecular complexity index is 590. The van der Waals surface area contributed by atoms with Crippen LogP contribution < -0.4 is 5.32 Å². The lowest BCUT2D eigenvalue weighted by atomic mass is 9.82. The molecular formula is C15H15Br2NO3. The summed E-state index contributed by atoms with van der Waals surface area (Å²) in [6, 6.07) is 3.80. The highest BCUT2D eigenvalue weighted by Gasteiger charge is 2.34. The minimum atomic E-state index is -0.929. The molecular weight excluding hydrogens is 402 g/mol. The first-order chi connectivity index (χ1) is 9.90. The third-order valence-electron chi connectivity index (χ3n) is 3.52. The summed E-state index contributed by atoms with van der Waals surface area (Å²) in [7, 11) is 0. The second-order valence-electron chi connectivity index (χ2n) is 5.09. The fourth-order valence-corrected chi connectivity index (χ4v) is 4.03. The van der Waals surface area contributed by atoms with Gasteiger partial charge in [-0.05, 0) is 69.3 Å². The molecule has 0 saturated heterocycles. The standard InChI is InChI=1S/C15H15Br2NO3/c1-8-6-11(16)13(12(17)7-8)18-14(19)9-4-2-3-5-10(9)15(20)21/h2-3,6-7,9-10H,4-5H2,1H3,(H,18,19)(H,20,21). The summed E-state index contributed by atoms with van der Waals surface area (Å²) in [5, 5.41) is 12.1. The average molecular weight is 417 g/mol. The molecule has 1 aromatic carbocycles. The van der Waals surface area contributed by atoms with Crippen molar-refractivity contribution < 1.29 is 14.7 Å². The van der Waals surface area contributed by atoms with Crippen molar-refractivity contribution in [1.29, 1.82) is 0 Å². The van der Waals surface area contributed by atoms with Crippen LogP contribution in [0.15, 0.2) is 33.2 Å². The van der Waals surface area contributed by atoms with Gasteiger partial charge in [0.05, 0.1) is 17.5 Å². The number of rotatable bonds is 3. The van der Waals surface area contributed by atoms with Crippen molar-refractivity contribution >= 4 is 49.4 Å². The van der Waals surface area contributed by atoms with Gasteiger partial charge in [0.2, 0.25) is 5.91 Å². The zero-order valence-electron chi connectivity index (χ0n) is 11.4. The first kappa shape index (κ1) is 16.2. The lowest BCUT2D eigenvalue weighted by Gasteiger charge is -2.24. The molecule has 0 heterocycles.